The predicted octanol–water partition coefficient (Wildman–Crippen LogP) is 3.22. The van der Waals surface area contributed by atoms with E-state index in [0.717, 1.165) is 25.7 Å². The van der Waals surface area contributed by atoms with Crippen LogP contribution in [-0.2, 0) is 0 Å². The molecule has 6 heteroatoms. The Morgan fingerprint density at radius 2 is 2.08 bits per heavy atom. The average Bonchev–Trinajstić information content (AvgIpc) is 2.59. The van der Waals surface area contributed by atoms with Crippen molar-refractivity contribution < 1.29 is 24.1 Å². The third-order valence-electron chi connectivity index (χ3n) is 3.80. The number of hydrogen-bond acceptors (Lipinski definition) is 6. The van der Waals surface area contributed by atoms with Gasteiger partial charge in [-0.25, -0.2) is 4.79 Å². The van der Waals surface area contributed by atoms with Crippen molar-refractivity contribution in [2.24, 2.45) is 0 Å². The Bertz CT molecular complexity index is 721. The van der Waals surface area contributed by atoms with Crippen LogP contribution in [0.1, 0.15) is 39.5 Å². The average molecular weight is 336 g/mol. The molecule has 1 aromatic heterocycles. The molecule has 0 bridgehead atoms. The third kappa shape index (κ3) is 4.00. The van der Waals surface area contributed by atoms with Gasteiger partial charge in [0, 0.05) is 0 Å². The number of para-hydroxylation sites is 1. The van der Waals surface area contributed by atoms with E-state index in [1.807, 2.05) is 6.92 Å². The molecule has 0 saturated heterocycles. The summed E-state index contributed by atoms with van der Waals surface area (Å²) in [6, 6.07) is 4.91. The van der Waals surface area contributed by atoms with Crippen molar-refractivity contribution in [1.29, 1.82) is 0 Å². The van der Waals surface area contributed by atoms with Crippen molar-refractivity contribution >= 4 is 11.0 Å². The Morgan fingerprint density at radius 3 is 2.75 bits per heavy atom. The molecule has 1 heterocycles. The Balaban J connectivity index is 2.40. The van der Waals surface area contributed by atoms with E-state index in [1.165, 1.54) is 0 Å². The van der Waals surface area contributed by atoms with Gasteiger partial charge < -0.3 is 24.1 Å². The monoisotopic (exact) mass is 336 g/mol. The first kappa shape index (κ1) is 18.1. The van der Waals surface area contributed by atoms with Gasteiger partial charge >= 0.3 is 5.63 Å². The number of rotatable bonds is 9. The minimum atomic E-state index is -0.741. The quantitative estimate of drug-likeness (QED) is 0.684. The number of aliphatic hydroxyl groups is 1. The van der Waals surface area contributed by atoms with Crippen LogP contribution >= 0.6 is 0 Å². The minimum absolute atomic E-state index is 0.0662. The van der Waals surface area contributed by atoms with Crippen molar-refractivity contribution in [2.45, 2.75) is 45.6 Å². The van der Waals surface area contributed by atoms with Crippen LogP contribution in [0.4, 0.5) is 0 Å². The molecule has 0 saturated carbocycles. The van der Waals surface area contributed by atoms with Gasteiger partial charge in [0.1, 0.15) is 6.61 Å². The summed E-state index contributed by atoms with van der Waals surface area (Å²) >= 11 is 0. The number of hydrogen-bond donors (Lipinski definition) is 2. The molecule has 2 N–H and O–H groups in total. The Morgan fingerprint density at radius 1 is 1.29 bits per heavy atom. The largest absolute Gasteiger partial charge is 0.504 e. The van der Waals surface area contributed by atoms with E-state index in [2.05, 4.69) is 6.92 Å². The number of unbranched alkanes of at least 4 members (excludes halogenated alkanes) is 1. The lowest BCUT2D eigenvalue weighted by Gasteiger charge is -2.17. The molecule has 6 nitrogen and oxygen atoms in total. The molecule has 0 spiro atoms. The van der Waals surface area contributed by atoms with E-state index in [-0.39, 0.29) is 36.4 Å². The van der Waals surface area contributed by atoms with Crippen LogP contribution in [0.2, 0.25) is 0 Å². The lowest BCUT2D eigenvalue weighted by atomic mass is 10.1. The zero-order valence-corrected chi connectivity index (χ0v) is 14.1. The van der Waals surface area contributed by atoms with Crippen LogP contribution in [-0.4, -0.2) is 29.5 Å². The number of benzene rings is 1. The van der Waals surface area contributed by atoms with Crippen LogP contribution in [0.5, 0.6) is 17.2 Å². The minimum Gasteiger partial charge on any atom is -0.504 e. The standard InChI is InChI=1S/C18H24O6/c1-3-5-7-12(4-2)23-17-15(20)13-8-6-9-14(22-11-10-19)16(13)24-18(17)21/h6,8-9,12,19-20H,3-5,7,10-11H2,1-2H3. The smallest absolute Gasteiger partial charge is 0.383 e. The maximum absolute atomic E-state index is 12.2. The summed E-state index contributed by atoms with van der Waals surface area (Å²) in [7, 11) is 0. The van der Waals surface area contributed by atoms with E-state index >= 15 is 0 Å². The van der Waals surface area contributed by atoms with Crippen LogP contribution in [0.3, 0.4) is 0 Å². The molecule has 2 rings (SSSR count). The molecule has 0 aliphatic carbocycles. The van der Waals surface area contributed by atoms with Gasteiger partial charge in [-0.1, -0.05) is 32.8 Å². The molecular weight excluding hydrogens is 312 g/mol. The molecule has 24 heavy (non-hydrogen) atoms. The van der Waals surface area contributed by atoms with Crippen LogP contribution < -0.4 is 15.1 Å². The lowest BCUT2D eigenvalue weighted by molar-refractivity contribution is 0.169. The topological polar surface area (TPSA) is 89.1 Å². The predicted molar refractivity (Wildman–Crippen MR) is 91.0 cm³/mol. The maximum Gasteiger partial charge on any atom is 0.383 e. The van der Waals surface area contributed by atoms with Crippen molar-refractivity contribution in [3.63, 3.8) is 0 Å². The molecule has 2 aromatic rings. The summed E-state index contributed by atoms with van der Waals surface area (Å²) in [6.07, 6.45) is 3.41. The first-order valence-corrected chi connectivity index (χ1v) is 8.31. The summed E-state index contributed by atoms with van der Waals surface area (Å²) in [5.74, 6) is -0.117. The zero-order valence-electron chi connectivity index (χ0n) is 14.1. The van der Waals surface area contributed by atoms with Gasteiger partial charge in [-0.15, -0.1) is 0 Å². The van der Waals surface area contributed by atoms with Gasteiger partial charge in [-0.3, -0.25) is 0 Å². The Labute approximate surface area is 140 Å². The Kier molecular flexibility index (Phi) is 6.49. The van der Waals surface area contributed by atoms with E-state index in [9.17, 15) is 9.90 Å². The van der Waals surface area contributed by atoms with Crippen LogP contribution in [0.15, 0.2) is 27.4 Å². The second-order valence-corrected chi connectivity index (χ2v) is 5.56. The molecule has 132 valence electrons. The summed E-state index contributed by atoms with van der Waals surface area (Å²) in [5, 5.41) is 19.7. The normalized spacial score (nSPS) is 12.3. The fourth-order valence-electron chi connectivity index (χ4n) is 2.48. The summed E-state index contributed by atoms with van der Waals surface area (Å²) in [4.78, 5) is 12.2. The summed E-state index contributed by atoms with van der Waals surface area (Å²) in [6.45, 7) is 3.96. The van der Waals surface area contributed by atoms with Crippen LogP contribution in [0.25, 0.3) is 11.0 Å². The second-order valence-electron chi connectivity index (χ2n) is 5.56. The molecule has 0 aliphatic heterocycles. The molecule has 1 atom stereocenters. The lowest BCUT2D eigenvalue weighted by Crippen LogP contribution is -2.19. The van der Waals surface area contributed by atoms with Crippen molar-refractivity contribution in [2.75, 3.05) is 13.2 Å². The van der Waals surface area contributed by atoms with Gasteiger partial charge in [0.2, 0.25) is 5.75 Å². The van der Waals surface area contributed by atoms with Gasteiger partial charge in [0.15, 0.2) is 17.1 Å². The second kappa shape index (κ2) is 8.59. The van der Waals surface area contributed by atoms with Gasteiger partial charge in [0.25, 0.3) is 0 Å². The van der Waals surface area contributed by atoms with Gasteiger partial charge in [-0.2, -0.15) is 0 Å². The highest BCUT2D eigenvalue weighted by Gasteiger charge is 2.20. The van der Waals surface area contributed by atoms with Crippen molar-refractivity contribution in [3.05, 3.63) is 28.6 Å². The first-order valence-electron chi connectivity index (χ1n) is 8.31. The van der Waals surface area contributed by atoms with Crippen molar-refractivity contribution in [3.8, 4) is 17.2 Å². The highest BCUT2D eigenvalue weighted by atomic mass is 16.5. The molecule has 0 amide bonds. The molecule has 1 unspecified atom stereocenters. The van der Waals surface area contributed by atoms with Gasteiger partial charge in [-0.05, 0) is 25.0 Å². The third-order valence-corrected chi connectivity index (χ3v) is 3.80. The van der Waals surface area contributed by atoms with E-state index in [1.54, 1.807) is 18.2 Å². The summed E-state index contributed by atoms with van der Waals surface area (Å²) in [5.41, 5.74) is -0.600. The van der Waals surface area contributed by atoms with Gasteiger partial charge in [0.05, 0.1) is 18.1 Å². The fourth-order valence-corrected chi connectivity index (χ4v) is 2.48. The Hall–Kier alpha value is -2.21. The fraction of sp³-hybridized carbons (Fsp3) is 0.500. The highest BCUT2D eigenvalue weighted by Crippen LogP contribution is 2.36. The summed E-state index contributed by atoms with van der Waals surface area (Å²) < 4.78 is 16.4. The maximum atomic E-state index is 12.2. The van der Waals surface area contributed by atoms with Crippen molar-refractivity contribution in [1.82, 2.24) is 0 Å². The van der Waals surface area contributed by atoms with E-state index in [4.69, 9.17) is 19.0 Å². The van der Waals surface area contributed by atoms with Crippen LogP contribution in [0, 0.1) is 0 Å². The molecule has 0 fully saturated rings. The molecule has 0 radical (unpaired) electrons. The molecular formula is C18H24O6. The molecule has 1 aromatic carbocycles. The highest BCUT2D eigenvalue weighted by molar-refractivity contribution is 5.89. The number of fused-ring (bicyclic) bond motifs is 1. The van der Waals surface area contributed by atoms with E-state index in [0.29, 0.717) is 11.1 Å². The number of ether oxygens (including phenoxy) is 2. The first-order chi connectivity index (χ1) is 11.6. The zero-order chi connectivity index (χ0) is 17.5. The number of aromatic hydroxyl groups is 1. The SMILES string of the molecule is CCCCC(CC)Oc1c(O)c2cccc(OCCO)c2oc1=O. The molecule has 0 aliphatic rings. The van der Waals surface area contributed by atoms with E-state index < -0.39 is 5.63 Å². The number of aliphatic hydroxyl groups excluding tert-OH is 1.